The summed E-state index contributed by atoms with van der Waals surface area (Å²) in [4.78, 5) is 10.3. The molecule has 0 saturated carbocycles. The Balaban J connectivity index is 2.76. The van der Waals surface area contributed by atoms with Gasteiger partial charge in [0.05, 0.1) is 0 Å². The van der Waals surface area contributed by atoms with Crippen molar-refractivity contribution in [2.75, 3.05) is 0 Å². The van der Waals surface area contributed by atoms with Crippen LogP contribution >= 0.6 is 11.6 Å². The molecule has 0 saturated heterocycles. The summed E-state index contributed by atoms with van der Waals surface area (Å²) in [6.45, 7) is 3.29. The van der Waals surface area contributed by atoms with Gasteiger partial charge in [-0.1, -0.05) is 11.6 Å². The Labute approximate surface area is 116 Å². The molecule has 1 aromatic carbocycles. The minimum Gasteiger partial charge on any atom is -0.481 e. The van der Waals surface area contributed by atoms with E-state index in [1.165, 1.54) is 12.1 Å². The van der Waals surface area contributed by atoms with Crippen LogP contribution in [0, 0.1) is 13.8 Å². The first-order chi connectivity index (χ1) is 8.74. The number of carboxylic acids is 1. The number of rotatable bonds is 6. The molecule has 106 valence electrons. The number of hydrogen-bond donors (Lipinski definition) is 1. The van der Waals surface area contributed by atoms with E-state index in [0.717, 1.165) is 0 Å². The van der Waals surface area contributed by atoms with Crippen LogP contribution in [0.2, 0.25) is 5.02 Å². The Hall–Kier alpha value is -1.16. The quantitative estimate of drug-likeness (QED) is 0.772. The lowest BCUT2D eigenvalue weighted by Crippen LogP contribution is -2.15. The van der Waals surface area contributed by atoms with Crippen molar-refractivity contribution in [1.82, 2.24) is 0 Å². The van der Waals surface area contributed by atoms with Gasteiger partial charge in [-0.25, -0.2) is 8.78 Å². The lowest BCUT2D eigenvalue weighted by molar-refractivity contribution is -0.137. The molecule has 2 nitrogen and oxygen atoms in total. The maximum absolute atomic E-state index is 14.1. The molecule has 0 aliphatic heterocycles. The predicted molar refractivity (Wildman–Crippen MR) is 70.9 cm³/mol. The van der Waals surface area contributed by atoms with Gasteiger partial charge in [0.25, 0.3) is 5.92 Å². The van der Waals surface area contributed by atoms with E-state index in [2.05, 4.69) is 0 Å². The van der Waals surface area contributed by atoms with E-state index in [9.17, 15) is 13.6 Å². The number of hydrogen-bond acceptors (Lipinski definition) is 1. The van der Waals surface area contributed by atoms with E-state index in [-0.39, 0.29) is 31.2 Å². The Bertz CT molecular complexity index is 473. The SMILES string of the molecule is Cc1cc(C(F)(F)CCCCC(=O)O)c(C)cc1Cl. The maximum Gasteiger partial charge on any atom is 0.303 e. The van der Waals surface area contributed by atoms with Crippen LogP contribution in [-0.4, -0.2) is 11.1 Å². The van der Waals surface area contributed by atoms with Crippen LogP contribution < -0.4 is 0 Å². The van der Waals surface area contributed by atoms with Crippen molar-refractivity contribution < 1.29 is 18.7 Å². The van der Waals surface area contributed by atoms with Crippen molar-refractivity contribution >= 4 is 17.6 Å². The zero-order valence-electron chi connectivity index (χ0n) is 11.0. The molecule has 1 N–H and O–H groups in total. The van der Waals surface area contributed by atoms with Gasteiger partial charge in [-0.05, 0) is 49.9 Å². The number of carbonyl (C=O) groups is 1. The molecule has 1 rings (SSSR count). The number of benzene rings is 1. The summed E-state index contributed by atoms with van der Waals surface area (Å²) in [5.41, 5.74) is 1.05. The highest BCUT2D eigenvalue weighted by atomic mass is 35.5. The lowest BCUT2D eigenvalue weighted by atomic mass is 9.96. The summed E-state index contributed by atoms with van der Waals surface area (Å²) in [6.07, 6.45) is 0.0217. The van der Waals surface area contributed by atoms with Gasteiger partial charge >= 0.3 is 5.97 Å². The normalized spacial score (nSPS) is 11.6. The Morgan fingerprint density at radius 3 is 2.47 bits per heavy atom. The van der Waals surface area contributed by atoms with Gasteiger partial charge < -0.3 is 5.11 Å². The first-order valence-electron chi connectivity index (χ1n) is 6.11. The third-order valence-corrected chi connectivity index (χ3v) is 3.44. The zero-order valence-corrected chi connectivity index (χ0v) is 11.7. The van der Waals surface area contributed by atoms with Crippen LogP contribution in [-0.2, 0) is 10.7 Å². The molecule has 0 amide bonds. The second-order valence-electron chi connectivity index (χ2n) is 4.72. The fraction of sp³-hybridized carbons (Fsp3) is 0.500. The highest BCUT2D eigenvalue weighted by Gasteiger charge is 2.32. The third-order valence-electron chi connectivity index (χ3n) is 3.03. The molecule has 19 heavy (non-hydrogen) atoms. The molecule has 0 atom stereocenters. The van der Waals surface area contributed by atoms with E-state index in [0.29, 0.717) is 16.1 Å². The smallest absolute Gasteiger partial charge is 0.303 e. The van der Waals surface area contributed by atoms with Crippen molar-refractivity contribution in [3.05, 3.63) is 33.8 Å². The van der Waals surface area contributed by atoms with Crippen LogP contribution in [0.4, 0.5) is 8.78 Å². The summed E-state index contributed by atoms with van der Waals surface area (Å²) < 4.78 is 28.1. The number of aliphatic carboxylic acids is 1. The average Bonchev–Trinajstić information content (AvgIpc) is 2.29. The van der Waals surface area contributed by atoms with Crippen molar-refractivity contribution in [1.29, 1.82) is 0 Å². The van der Waals surface area contributed by atoms with Gasteiger partial charge in [0, 0.05) is 23.4 Å². The van der Waals surface area contributed by atoms with Gasteiger partial charge in [0.2, 0.25) is 0 Å². The summed E-state index contributed by atoms with van der Waals surface area (Å²) >= 11 is 5.89. The molecular formula is C14H17ClF2O2. The van der Waals surface area contributed by atoms with Crippen LogP contribution in [0.5, 0.6) is 0 Å². The second kappa shape index (κ2) is 6.33. The number of unbranched alkanes of at least 4 members (excludes halogenated alkanes) is 1. The lowest BCUT2D eigenvalue weighted by Gasteiger charge is -2.20. The van der Waals surface area contributed by atoms with E-state index in [4.69, 9.17) is 16.7 Å². The number of aryl methyl sites for hydroxylation is 2. The van der Waals surface area contributed by atoms with Gasteiger partial charge in [-0.3, -0.25) is 4.79 Å². The van der Waals surface area contributed by atoms with Crippen LogP contribution in [0.3, 0.4) is 0 Å². The summed E-state index contributed by atoms with van der Waals surface area (Å²) in [5, 5.41) is 8.94. The number of alkyl halides is 2. The van der Waals surface area contributed by atoms with Crippen LogP contribution in [0.25, 0.3) is 0 Å². The molecule has 5 heteroatoms. The Morgan fingerprint density at radius 1 is 1.26 bits per heavy atom. The molecule has 0 aliphatic carbocycles. The van der Waals surface area contributed by atoms with Crippen molar-refractivity contribution in [3.63, 3.8) is 0 Å². The number of carboxylic acid groups (broad SMARTS) is 1. The zero-order chi connectivity index (χ0) is 14.6. The van der Waals surface area contributed by atoms with Gasteiger partial charge in [0.15, 0.2) is 0 Å². The largest absolute Gasteiger partial charge is 0.481 e. The molecular weight excluding hydrogens is 274 g/mol. The van der Waals surface area contributed by atoms with E-state index in [1.54, 1.807) is 13.8 Å². The van der Waals surface area contributed by atoms with Crippen molar-refractivity contribution in [3.8, 4) is 0 Å². The molecule has 1 aromatic rings. The predicted octanol–water partition coefficient (Wildman–Crippen LogP) is 4.69. The molecule has 0 aliphatic rings. The fourth-order valence-electron chi connectivity index (χ4n) is 1.93. The minimum absolute atomic E-state index is 0.0234. The van der Waals surface area contributed by atoms with Crippen LogP contribution in [0.15, 0.2) is 12.1 Å². The van der Waals surface area contributed by atoms with Crippen molar-refractivity contribution in [2.24, 2.45) is 0 Å². The van der Waals surface area contributed by atoms with E-state index in [1.807, 2.05) is 0 Å². The topological polar surface area (TPSA) is 37.3 Å². The van der Waals surface area contributed by atoms with E-state index >= 15 is 0 Å². The molecule has 0 aromatic heterocycles. The molecule has 0 heterocycles. The van der Waals surface area contributed by atoms with Crippen molar-refractivity contribution in [2.45, 2.75) is 45.5 Å². The van der Waals surface area contributed by atoms with Crippen LogP contribution in [0.1, 0.15) is 42.4 Å². The highest BCUT2D eigenvalue weighted by Crippen LogP contribution is 2.37. The average molecular weight is 291 g/mol. The first kappa shape index (κ1) is 15.9. The summed E-state index contributed by atoms with van der Waals surface area (Å²) in [5.74, 6) is -3.90. The minimum atomic E-state index is -2.95. The van der Waals surface area contributed by atoms with Gasteiger partial charge in [-0.2, -0.15) is 0 Å². The molecule has 0 spiro atoms. The third kappa shape index (κ3) is 4.46. The summed E-state index contributed by atoms with van der Waals surface area (Å²) in [7, 11) is 0. The molecule has 0 bridgehead atoms. The first-order valence-corrected chi connectivity index (χ1v) is 6.48. The second-order valence-corrected chi connectivity index (χ2v) is 5.13. The Morgan fingerprint density at radius 2 is 1.89 bits per heavy atom. The monoisotopic (exact) mass is 290 g/mol. The Kier molecular flexibility index (Phi) is 5.29. The summed E-state index contributed by atoms with van der Waals surface area (Å²) in [6, 6.07) is 2.95. The fourth-order valence-corrected chi connectivity index (χ4v) is 2.15. The maximum atomic E-state index is 14.1. The standard InChI is InChI=1S/C14H17ClF2O2/c1-9-8-12(15)10(2)7-11(9)14(16,17)6-4-3-5-13(18)19/h7-8H,3-6H2,1-2H3,(H,18,19). The highest BCUT2D eigenvalue weighted by molar-refractivity contribution is 6.31. The number of halogens is 3. The van der Waals surface area contributed by atoms with E-state index < -0.39 is 11.9 Å². The van der Waals surface area contributed by atoms with Gasteiger partial charge in [-0.15, -0.1) is 0 Å². The molecule has 0 unspecified atom stereocenters. The molecule has 0 radical (unpaired) electrons. The van der Waals surface area contributed by atoms with Gasteiger partial charge in [0.1, 0.15) is 0 Å². The molecule has 0 fully saturated rings.